The van der Waals surface area contributed by atoms with Crippen LogP contribution < -0.4 is 0 Å². The molecule has 0 saturated heterocycles. The summed E-state index contributed by atoms with van der Waals surface area (Å²) in [6.45, 7) is 0. The number of halogens is 3. The number of aromatic nitrogens is 3. The highest BCUT2D eigenvalue weighted by atomic mass is 19.2. The normalized spacial score (nSPS) is 11.7. The van der Waals surface area contributed by atoms with Gasteiger partial charge < -0.3 is 0 Å². The van der Waals surface area contributed by atoms with Crippen LogP contribution in [0, 0.1) is 28.9 Å². The molecule has 0 saturated carbocycles. The molecule has 0 aromatic carbocycles. The highest BCUT2D eigenvalue weighted by molar-refractivity contribution is 6.11. The molecule has 7 heteroatoms. The molecule has 3 aromatic rings. The summed E-state index contributed by atoms with van der Waals surface area (Å²) in [5.74, 6) is -4.69. The lowest BCUT2D eigenvalue weighted by Gasteiger charge is -2.07. The first kappa shape index (κ1) is 15.0. The van der Waals surface area contributed by atoms with Gasteiger partial charge in [0.1, 0.15) is 6.07 Å². The quantitative estimate of drug-likeness (QED) is 0.392. The molecule has 0 unspecified atom stereocenters. The van der Waals surface area contributed by atoms with Crippen LogP contribution in [-0.4, -0.2) is 15.0 Å². The number of hydrogen-bond donors (Lipinski definition) is 0. The molecular weight excluding hydrogens is 329 g/mol. The van der Waals surface area contributed by atoms with Gasteiger partial charge >= 0.3 is 0 Å². The zero-order valence-corrected chi connectivity index (χ0v) is 12.5. The van der Waals surface area contributed by atoms with Crippen molar-refractivity contribution in [3.8, 4) is 17.5 Å². The summed E-state index contributed by atoms with van der Waals surface area (Å²) < 4.78 is 40.3. The maximum atomic E-state index is 13.6. The molecule has 0 bridgehead atoms. The van der Waals surface area contributed by atoms with Crippen molar-refractivity contribution in [3.63, 3.8) is 0 Å². The largest absolute Gasteiger partial charge is 0.254 e. The molecule has 0 radical (unpaired) electrons. The molecule has 1 aliphatic carbocycles. The zero-order chi connectivity index (χ0) is 17.6. The number of allylic oxidation sites excluding steroid dienone is 1. The fourth-order valence-electron chi connectivity index (χ4n) is 2.84. The van der Waals surface area contributed by atoms with E-state index in [0.717, 1.165) is 0 Å². The molecule has 0 aliphatic heterocycles. The zero-order valence-electron chi connectivity index (χ0n) is 12.5. The second kappa shape index (κ2) is 5.53. The van der Waals surface area contributed by atoms with E-state index in [0.29, 0.717) is 34.2 Å². The van der Waals surface area contributed by atoms with E-state index in [-0.39, 0.29) is 11.3 Å². The van der Waals surface area contributed by atoms with Crippen molar-refractivity contribution in [1.82, 2.24) is 15.0 Å². The lowest BCUT2D eigenvalue weighted by atomic mass is 9.97. The highest BCUT2D eigenvalue weighted by Crippen LogP contribution is 2.44. The molecule has 4 nitrogen and oxygen atoms in total. The molecule has 0 fully saturated rings. The summed E-state index contributed by atoms with van der Waals surface area (Å²) in [6, 6.07) is 9.44. The number of fused-ring (bicyclic) bond motifs is 3. The molecule has 4 rings (SSSR count). The molecular formula is C18H7F3N4. The minimum atomic E-state index is -1.68. The van der Waals surface area contributed by atoms with E-state index in [2.05, 4.69) is 15.0 Å². The van der Waals surface area contributed by atoms with Crippen LogP contribution in [0.5, 0.6) is 0 Å². The van der Waals surface area contributed by atoms with Crippen LogP contribution in [0.2, 0.25) is 0 Å². The summed E-state index contributed by atoms with van der Waals surface area (Å²) in [6.07, 6.45) is 3.17. The number of nitrogens with zero attached hydrogens (tertiary/aromatic N) is 4. The maximum absolute atomic E-state index is 13.6. The van der Waals surface area contributed by atoms with Crippen LogP contribution in [0.15, 0.2) is 42.7 Å². The van der Waals surface area contributed by atoms with Gasteiger partial charge in [0.15, 0.2) is 5.82 Å². The Kier molecular flexibility index (Phi) is 3.32. The van der Waals surface area contributed by atoms with E-state index in [1.807, 2.05) is 6.07 Å². The Labute approximate surface area is 139 Å². The van der Waals surface area contributed by atoms with Gasteiger partial charge in [-0.05, 0) is 12.1 Å². The maximum Gasteiger partial charge on any atom is 0.252 e. The number of hydrogen-bond acceptors (Lipinski definition) is 4. The summed E-state index contributed by atoms with van der Waals surface area (Å²) in [4.78, 5) is 11.9. The Morgan fingerprint density at radius 3 is 2.08 bits per heavy atom. The van der Waals surface area contributed by atoms with Crippen molar-refractivity contribution >= 4 is 11.1 Å². The second-order valence-corrected chi connectivity index (χ2v) is 5.26. The van der Waals surface area contributed by atoms with Crippen LogP contribution in [-0.2, 0) is 0 Å². The lowest BCUT2D eigenvalue weighted by Crippen LogP contribution is -2.01. The first-order valence-corrected chi connectivity index (χ1v) is 7.19. The highest BCUT2D eigenvalue weighted by Gasteiger charge is 2.29. The number of nitriles is 1. The second-order valence-electron chi connectivity index (χ2n) is 5.26. The summed E-state index contributed by atoms with van der Waals surface area (Å²) in [5, 5.41) is 9.61. The van der Waals surface area contributed by atoms with Gasteiger partial charge in [0.2, 0.25) is 5.82 Å². The molecule has 1 aliphatic rings. The Morgan fingerprint density at radius 2 is 1.56 bits per heavy atom. The summed E-state index contributed by atoms with van der Waals surface area (Å²) >= 11 is 0. The van der Waals surface area contributed by atoms with Gasteiger partial charge in [-0.2, -0.15) is 14.0 Å². The van der Waals surface area contributed by atoms with E-state index >= 15 is 0 Å². The van der Waals surface area contributed by atoms with Gasteiger partial charge in [-0.15, -0.1) is 0 Å². The van der Waals surface area contributed by atoms with E-state index < -0.39 is 17.6 Å². The fraction of sp³-hybridized carbons (Fsp3) is 0. The van der Waals surface area contributed by atoms with Crippen molar-refractivity contribution in [3.05, 3.63) is 77.1 Å². The smallest absolute Gasteiger partial charge is 0.252 e. The van der Waals surface area contributed by atoms with Crippen molar-refractivity contribution in [2.45, 2.75) is 0 Å². The average molecular weight is 336 g/mol. The summed E-state index contributed by atoms with van der Waals surface area (Å²) in [7, 11) is 0. The third-order valence-corrected chi connectivity index (χ3v) is 3.87. The first-order valence-electron chi connectivity index (χ1n) is 7.19. The topological polar surface area (TPSA) is 62.5 Å². The molecule has 0 amide bonds. The standard InChI is InChI=1S/C18H7F3N4/c19-12-7-13(25-18(21)15(12)20)11(8-22)14-9-3-1-5-23-16(9)17-10(14)4-2-6-24-17/h1-7H. The van der Waals surface area contributed by atoms with Gasteiger partial charge in [0.25, 0.3) is 5.95 Å². The van der Waals surface area contributed by atoms with Crippen molar-refractivity contribution in [2.24, 2.45) is 0 Å². The first-order chi connectivity index (χ1) is 12.1. The Bertz CT molecular complexity index is 1030. The average Bonchev–Trinajstić information content (AvgIpc) is 2.95. The fourth-order valence-corrected chi connectivity index (χ4v) is 2.84. The van der Waals surface area contributed by atoms with Crippen LogP contribution in [0.4, 0.5) is 13.2 Å². The Hall–Kier alpha value is -3.53. The molecule has 3 aromatic heterocycles. The van der Waals surface area contributed by atoms with Crippen LogP contribution >= 0.6 is 0 Å². The molecule has 120 valence electrons. The molecule has 0 spiro atoms. The van der Waals surface area contributed by atoms with Gasteiger partial charge in [-0.25, -0.2) is 9.37 Å². The van der Waals surface area contributed by atoms with Gasteiger partial charge in [-0.1, -0.05) is 12.1 Å². The monoisotopic (exact) mass is 336 g/mol. The van der Waals surface area contributed by atoms with Gasteiger partial charge in [-0.3, -0.25) is 9.97 Å². The van der Waals surface area contributed by atoms with E-state index in [4.69, 9.17) is 0 Å². The van der Waals surface area contributed by atoms with Crippen LogP contribution in [0.1, 0.15) is 16.8 Å². The lowest BCUT2D eigenvalue weighted by molar-refractivity contribution is 0.426. The van der Waals surface area contributed by atoms with Crippen molar-refractivity contribution in [1.29, 1.82) is 5.26 Å². The molecule has 0 N–H and O–H groups in total. The van der Waals surface area contributed by atoms with E-state index in [9.17, 15) is 18.4 Å². The van der Waals surface area contributed by atoms with Crippen molar-refractivity contribution < 1.29 is 13.2 Å². The van der Waals surface area contributed by atoms with Crippen molar-refractivity contribution in [2.75, 3.05) is 0 Å². The summed E-state index contributed by atoms with van der Waals surface area (Å²) in [5.41, 5.74) is 2.35. The molecule has 3 heterocycles. The molecule has 25 heavy (non-hydrogen) atoms. The Balaban J connectivity index is 2.09. The van der Waals surface area contributed by atoms with Crippen LogP contribution in [0.3, 0.4) is 0 Å². The minimum Gasteiger partial charge on any atom is -0.254 e. The van der Waals surface area contributed by atoms with E-state index in [1.165, 1.54) is 0 Å². The minimum absolute atomic E-state index is 0.0844. The predicted molar refractivity (Wildman–Crippen MR) is 83.1 cm³/mol. The van der Waals surface area contributed by atoms with E-state index in [1.54, 1.807) is 36.7 Å². The molecule has 0 atom stereocenters. The van der Waals surface area contributed by atoms with Gasteiger partial charge in [0, 0.05) is 35.2 Å². The van der Waals surface area contributed by atoms with Gasteiger partial charge in [0.05, 0.1) is 22.7 Å². The Morgan fingerprint density at radius 1 is 0.960 bits per heavy atom. The SMILES string of the molecule is N#CC(=C1c2cccnc2-c2ncccc21)c1cc(F)c(F)c(F)n1. The number of pyridine rings is 3. The predicted octanol–water partition coefficient (Wildman–Crippen LogP) is 3.75. The van der Waals surface area contributed by atoms with Crippen LogP contribution in [0.25, 0.3) is 22.5 Å². The number of rotatable bonds is 1. The third kappa shape index (κ3) is 2.19. The third-order valence-electron chi connectivity index (χ3n) is 3.87.